The van der Waals surface area contributed by atoms with E-state index in [2.05, 4.69) is 4.98 Å². The molecule has 2 aromatic rings. The summed E-state index contributed by atoms with van der Waals surface area (Å²) in [7, 11) is 0. The van der Waals surface area contributed by atoms with Crippen molar-refractivity contribution in [1.29, 1.82) is 5.26 Å². The first kappa shape index (κ1) is 12.4. The molecule has 0 atom stereocenters. The van der Waals surface area contributed by atoms with E-state index in [4.69, 9.17) is 5.26 Å². The van der Waals surface area contributed by atoms with Crippen LogP contribution in [0.2, 0.25) is 0 Å². The minimum atomic E-state index is -1.01. The Morgan fingerprint density at radius 2 is 2.10 bits per heavy atom. The Morgan fingerprint density at radius 1 is 1.30 bits per heavy atom. The van der Waals surface area contributed by atoms with Gasteiger partial charge in [-0.2, -0.15) is 5.26 Å². The normalized spacial score (nSPS) is 13.8. The van der Waals surface area contributed by atoms with Crippen molar-refractivity contribution in [3.05, 3.63) is 53.2 Å². The lowest BCUT2D eigenvalue weighted by atomic mass is 10.0. The van der Waals surface area contributed by atoms with Gasteiger partial charge in [-0.3, -0.25) is 4.98 Å². The molecule has 0 amide bonds. The van der Waals surface area contributed by atoms with Gasteiger partial charge < -0.3 is 5.11 Å². The number of benzene rings is 1. The van der Waals surface area contributed by atoms with E-state index < -0.39 is 5.97 Å². The molecule has 98 valence electrons. The Kier molecular flexibility index (Phi) is 2.96. The van der Waals surface area contributed by atoms with Gasteiger partial charge in [0.25, 0.3) is 0 Å². The number of carbonyl (C=O) groups is 1. The highest BCUT2D eigenvalue weighted by molar-refractivity contribution is 5.95. The Bertz CT molecular complexity index is 727. The zero-order chi connectivity index (χ0) is 14.1. The highest BCUT2D eigenvalue weighted by Gasteiger charge is 2.25. The molecule has 4 heteroatoms. The second-order valence-electron chi connectivity index (χ2n) is 4.90. The number of hydrogen-bond acceptors (Lipinski definition) is 3. The number of aromatic nitrogens is 1. The number of nitrogens with zero attached hydrogens (tertiary/aromatic N) is 2. The van der Waals surface area contributed by atoms with Gasteiger partial charge in [-0.05, 0) is 43.2 Å². The van der Waals surface area contributed by atoms with E-state index in [-0.39, 0.29) is 5.56 Å². The molecule has 0 unspecified atom stereocenters. The third-order valence-corrected chi connectivity index (χ3v) is 3.42. The SMILES string of the molecule is N#Cc1ccc(C(=O)O)c(-c2cccc(C3CC3)n2)c1. The maximum Gasteiger partial charge on any atom is 0.336 e. The van der Waals surface area contributed by atoms with E-state index in [1.54, 1.807) is 12.1 Å². The summed E-state index contributed by atoms with van der Waals surface area (Å²) in [4.78, 5) is 15.9. The van der Waals surface area contributed by atoms with E-state index in [0.29, 0.717) is 22.7 Å². The first-order valence-corrected chi connectivity index (χ1v) is 6.44. The zero-order valence-corrected chi connectivity index (χ0v) is 10.7. The number of hydrogen-bond donors (Lipinski definition) is 1. The van der Waals surface area contributed by atoms with Crippen LogP contribution in [0.15, 0.2) is 36.4 Å². The lowest BCUT2D eigenvalue weighted by Gasteiger charge is -2.07. The van der Waals surface area contributed by atoms with Crippen LogP contribution in [0.3, 0.4) is 0 Å². The average molecular weight is 264 g/mol. The summed E-state index contributed by atoms with van der Waals surface area (Å²) in [6.07, 6.45) is 2.28. The fraction of sp³-hybridized carbons (Fsp3) is 0.188. The molecule has 1 fully saturated rings. The summed E-state index contributed by atoms with van der Waals surface area (Å²) in [5.41, 5.74) is 2.72. The standard InChI is InChI=1S/C16H12N2O2/c17-9-10-4-7-12(16(19)20)13(8-10)15-3-1-2-14(18-15)11-5-6-11/h1-4,7-8,11H,5-6H2,(H,19,20). The first-order chi connectivity index (χ1) is 9.69. The summed E-state index contributed by atoms with van der Waals surface area (Å²) in [5.74, 6) is -0.509. The predicted octanol–water partition coefficient (Wildman–Crippen LogP) is 3.20. The van der Waals surface area contributed by atoms with Crippen molar-refractivity contribution in [2.45, 2.75) is 18.8 Å². The van der Waals surface area contributed by atoms with Crippen LogP contribution in [0.1, 0.15) is 40.4 Å². The van der Waals surface area contributed by atoms with Gasteiger partial charge >= 0.3 is 5.97 Å². The molecule has 0 spiro atoms. The number of aromatic carboxylic acids is 1. The topological polar surface area (TPSA) is 74.0 Å². The van der Waals surface area contributed by atoms with Crippen molar-refractivity contribution in [2.75, 3.05) is 0 Å². The molecule has 1 saturated carbocycles. The van der Waals surface area contributed by atoms with E-state index >= 15 is 0 Å². The van der Waals surface area contributed by atoms with Crippen molar-refractivity contribution in [2.24, 2.45) is 0 Å². The summed E-state index contributed by atoms with van der Waals surface area (Å²) in [5, 5.41) is 18.2. The van der Waals surface area contributed by atoms with E-state index in [1.807, 2.05) is 18.2 Å². The van der Waals surface area contributed by atoms with Crippen LogP contribution in [0.5, 0.6) is 0 Å². The second kappa shape index (κ2) is 4.78. The number of nitriles is 1. The molecule has 0 radical (unpaired) electrons. The molecule has 0 bridgehead atoms. The molecule has 3 rings (SSSR count). The summed E-state index contributed by atoms with van der Waals surface area (Å²) >= 11 is 0. The van der Waals surface area contributed by atoms with Gasteiger partial charge in [-0.15, -0.1) is 0 Å². The maximum absolute atomic E-state index is 11.3. The van der Waals surface area contributed by atoms with Crippen LogP contribution in [0, 0.1) is 11.3 Å². The number of rotatable bonds is 3. The van der Waals surface area contributed by atoms with Crippen molar-refractivity contribution >= 4 is 5.97 Å². The quantitative estimate of drug-likeness (QED) is 0.923. The monoisotopic (exact) mass is 264 g/mol. The molecule has 0 aliphatic heterocycles. The van der Waals surface area contributed by atoms with Gasteiger partial charge in [0.2, 0.25) is 0 Å². The van der Waals surface area contributed by atoms with E-state index in [9.17, 15) is 9.90 Å². The van der Waals surface area contributed by atoms with Crippen LogP contribution in [-0.2, 0) is 0 Å². The molecule has 1 aromatic heterocycles. The lowest BCUT2D eigenvalue weighted by molar-refractivity contribution is 0.0697. The number of carboxylic acids is 1. The van der Waals surface area contributed by atoms with Gasteiger partial charge in [0.1, 0.15) is 0 Å². The fourth-order valence-corrected chi connectivity index (χ4v) is 2.22. The fourth-order valence-electron chi connectivity index (χ4n) is 2.22. The largest absolute Gasteiger partial charge is 0.478 e. The molecule has 1 aliphatic carbocycles. The lowest BCUT2D eigenvalue weighted by Crippen LogP contribution is -2.01. The minimum absolute atomic E-state index is 0.171. The van der Waals surface area contributed by atoms with Crippen LogP contribution in [0.4, 0.5) is 0 Å². The zero-order valence-electron chi connectivity index (χ0n) is 10.7. The molecule has 4 nitrogen and oxygen atoms in total. The Hall–Kier alpha value is -2.67. The highest BCUT2D eigenvalue weighted by Crippen LogP contribution is 2.39. The Balaban J connectivity index is 2.14. The predicted molar refractivity (Wildman–Crippen MR) is 73.3 cm³/mol. The summed E-state index contributed by atoms with van der Waals surface area (Å²) in [6, 6.07) is 12.2. The Labute approximate surface area is 116 Å². The smallest absolute Gasteiger partial charge is 0.336 e. The maximum atomic E-state index is 11.3. The first-order valence-electron chi connectivity index (χ1n) is 6.44. The van der Waals surface area contributed by atoms with Crippen LogP contribution >= 0.6 is 0 Å². The molecule has 0 saturated heterocycles. The average Bonchev–Trinajstić information content (AvgIpc) is 3.31. The third kappa shape index (κ3) is 2.26. The molecule has 20 heavy (non-hydrogen) atoms. The summed E-state index contributed by atoms with van der Waals surface area (Å²) < 4.78 is 0. The van der Waals surface area contributed by atoms with Crippen LogP contribution in [-0.4, -0.2) is 16.1 Å². The van der Waals surface area contributed by atoms with Crippen molar-refractivity contribution in [1.82, 2.24) is 4.98 Å². The van der Waals surface area contributed by atoms with Gasteiger partial charge in [-0.1, -0.05) is 6.07 Å². The molecular formula is C16H12N2O2. The number of carboxylic acid groups (broad SMARTS) is 1. The van der Waals surface area contributed by atoms with Crippen LogP contribution in [0.25, 0.3) is 11.3 Å². The van der Waals surface area contributed by atoms with Gasteiger partial charge in [0.15, 0.2) is 0 Å². The Morgan fingerprint density at radius 3 is 2.75 bits per heavy atom. The van der Waals surface area contributed by atoms with Crippen LogP contribution < -0.4 is 0 Å². The molecule has 1 N–H and O–H groups in total. The highest BCUT2D eigenvalue weighted by atomic mass is 16.4. The van der Waals surface area contributed by atoms with Gasteiger partial charge in [-0.25, -0.2) is 4.79 Å². The summed E-state index contributed by atoms with van der Waals surface area (Å²) in [6.45, 7) is 0. The van der Waals surface area contributed by atoms with Crippen molar-refractivity contribution in [3.8, 4) is 17.3 Å². The van der Waals surface area contributed by atoms with Gasteiger partial charge in [0.05, 0.1) is 22.9 Å². The molecule has 1 aromatic carbocycles. The van der Waals surface area contributed by atoms with Gasteiger partial charge in [0, 0.05) is 17.2 Å². The molecule has 1 heterocycles. The second-order valence-corrected chi connectivity index (χ2v) is 4.90. The number of pyridine rings is 1. The van der Waals surface area contributed by atoms with Crippen molar-refractivity contribution < 1.29 is 9.90 Å². The van der Waals surface area contributed by atoms with Crippen molar-refractivity contribution in [3.63, 3.8) is 0 Å². The molecule has 1 aliphatic rings. The van der Waals surface area contributed by atoms with E-state index in [0.717, 1.165) is 18.5 Å². The third-order valence-electron chi connectivity index (χ3n) is 3.42. The molecular weight excluding hydrogens is 252 g/mol. The van der Waals surface area contributed by atoms with E-state index in [1.165, 1.54) is 12.1 Å². The minimum Gasteiger partial charge on any atom is -0.478 e.